The molecule has 4 aromatic carbocycles. The minimum absolute atomic E-state index is 0.0350. The lowest BCUT2D eigenvalue weighted by Gasteiger charge is -2.26. The summed E-state index contributed by atoms with van der Waals surface area (Å²) in [7, 11) is 2.93. The second-order valence-corrected chi connectivity index (χ2v) is 17.9. The summed E-state index contributed by atoms with van der Waals surface area (Å²) < 4.78 is 24.0. The Balaban J connectivity index is 0.949. The van der Waals surface area contributed by atoms with Gasteiger partial charge >= 0.3 is 0 Å². The molecule has 378 valence electrons. The van der Waals surface area contributed by atoms with Crippen LogP contribution >= 0.6 is 0 Å². The molecule has 6 N–H and O–H groups in total. The van der Waals surface area contributed by atoms with Crippen LogP contribution in [0.25, 0.3) is 0 Å². The number of fused-ring (bicyclic) bond motifs is 5. The van der Waals surface area contributed by atoms with E-state index in [-0.39, 0.29) is 66.5 Å². The van der Waals surface area contributed by atoms with Crippen LogP contribution in [0.4, 0.5) is 22.7 Å². The third kappa shape index (κ3) is 12.4. The molecule has 0 saturated heterocycles. The molecule has 3 heterocycles. The molecule has 1 saturated carbocycles. The van der Waals surface area contributed by atoms with E-state index in [0.29, 0.717) is 88.8 Å². The van der Waals surface area contributed by atoms with E-state index in [1.807, 2.05) is 30.3 Å². The quantitative estimate of drug-likeness (QED) is 0.0761. The van der Waals surface area contributed by atoms with Crippen molar-refractivity contribution in [2.24, 2.45) is 16.8 Å². The van der Waals surface area contributed by atoms with Crippen LogP contribution < -0.4 is 55.7 Å². The van der Waals surface area contributed by atoms with Crippen molar-refractivity contribution in [2.45, 2.75) is 58.3 Å². The number of ketones is 1. The minimum atomic E-state index is -0.639. The number of amides is 6. The van der Waals surface area contributed by atoms with Gasteiger partial charge in [0.25, 0.3) is 11.8 Å². The molecule has 8 rings (SSSR count). The summed E-state index contributed by atoms with van der Waals surface area (Å²) in [6.45, 7) is 4.11. The van der Waals surface area contributed by atoms with Gasteiger partial charge in [-0.1, -0.05) is 30.9 Å². The molecule has 6 amide bonds. The van der Waals surface area contributed by atoms with Crippen molar-refractivity contribution in [3.05, 3.63) is 131 Å². The number of carbonyl (C=O) groups is 7. The molecule has 0 radical (unpaired) electrons. The van der Waals surface area contributed by atoms with Crippen LogP contribution in [0.15, 0.2) is 108 Å². The first-order valence-electron chi connectivity index (χ1n) is 23.8. The maximum absolute atomic E-state index is 14.0. The maximum Gasteiger partial charge on any atom is 0.261 e. The zero-order valence-corrected chi connectivity index (χ0v) is 40.6. The normalized spacial score (nSPS) is 18.4. The maximum atomic E-state index is 14.0. The van der Waals surface area contributed by atoms with Crippen LogP contribution in [-0.4, -0.2) is 87.3 Å². The number of Topliss-reactive ketones (excluding diaryl/α,β-unsaturated/α-hetero) is 1. The Hall–Kier alpha value is -8.74. The molecule has 1 unspecified atom stereocenters. The van der Waals surface area contributed by atoms with Crippen molar-refractivity contribution >= 4 is 70.2 Å². The average molecular weight is 993 g/mol. The van der Waals surface area contributed by atoms with Gasteiger partial charge in [0.05, 0.1) is 62.4 Å². The predicted octanol–water partition coefficient (Wildman–Crippen LogP) is 5.57. The first-order valence-corrected chi connectivity index (χ1v) is 23.8. The molecule has 19 heteroatoms. The van der Waals surface area contributed by atoms with E-state index in [9.17, 15) is 33.6 Å². The lowest BCUT2D eigenvalue weighted by Crippen LogP contribution is -2.44. The van der Waals surface area contributed by atoms with Crippen LogP contribution in [0.2, 0.25) is 0 Å². The van der Waals surface area contributed by atoms with Gasteiger partial charge < -0.3 is 50.8 Å². The van der Waals surface area contributed by atoms with Crippen molar-refractivity contribution in [1.82, 2.24) is 21.3 Å². The van der Waals surface area contributed by atoms with E-state index in [0.717, 1.165) is 11.3 Å². The largest absolute Gasteiger partial charge is 0.493 e. The standard InChI is InChI=1S/C54H56N8O11/c1-31-9-7-8-16-55-42-23-47(45(70-3)21-40(42)53(68)60-31)72-29-33-17-34(30-73-48-24-43-41(22-46(48)71-4)54(69)62-39(25-56-43)20-37-10-5-6-11-44(37)62)19-38(18-33)61-51(66)28-58-49(64)26-57-50(65)27-59-52(67)36-14-12-35(13-15-36)32(2)63/h5-11,16-19,21-25,35-36,39,55H,1,12-15,20,26-30H2,2-4H3,(H,57,65)(H,58,64)(H,59,67)(H,60,68)(H,61,66)/b9-7-,16-8-. The highest BCUT2D eigenvalue weighted by atomic mass is 16.5. The molecule has 3 aliphatic heterocycles. The summed E-state index contributed by atoms with van der Waals surface area (Å²) in [6, 6.07) is 19.1. The van der Waals surface area contributed by atoms with Crippen LogP contribution in [0.5, 0.6) is 23.0 Å². The molecule has 73 heavy (non-hydrogen) atoms. The van der Waals surface area contributed by atoms with Crippen molar-refractivity contribution < 1.29 is 52.5 Å². The number of para-hydroxylation sites is 1. The number of aliphatic imine (C=N–C) groups is 1. The molecule has 1 aliphatic carbocycles. The first kappa shape index (κ1) is 50.6. The van der Waals surface area contributed by atoms with Crippen LogP contribution in [0.1, 0.15) is 70.0 Å². The fourth-order valence-electron chi connectivity index (χ4n) is 9.03. The van der Waals surface area contributed by atoms with Gasteiger partial charge in [-0.15, -0.1) is 0 Å². The number of hydrogen-bond acceptors (Lipinski definition) is 13. The zero-order valence-electron chi connectivity index (χ0n) is 40.6. The number of methoxy groups -OCH3 is 2. The average Bonchev–Trinajstić information content (AvgIpc) is 3.71. The van der Waals surface area contributed by atoms with Crippen molar-refractivity contribution in [2.75, 3.05) is 49.4 Å². The summed E-state index contributed by atoms with van der Waals surface area (Å²) in [5.74, 6) is -1.72. The van der Waals surface area contributed by atoms with Crippen molar-refractivity contribution in [3.63, 3.8) is 0 Å². The second kappa shape index (κ2) is 23.0. The van der Waals surface area contributed by atoms with Gasteiger partial charge in [0.2, 0.25) is 23.6 Å². The van der Waals surface area contributed by atoms with Gasteiger partial charge in [-0.05, 0) is 97.8 Å². The molecule has 0 aromatic heterocycles. The molecule has 4 aromatic rings. The van der Waals surface area contributed by atoms with E-state index in [1.165, 1.54) is 14.2 Å². The van der Waals surface area contributed by atoms with Gasteiger partial charge in [-0.2, -0.15) is 0 Å². The van der Waals surface area contributed by atoms with Gasteiger partial charge in [-0.3, -0.25) is 43.5 Å². The number of benzene rings is 4. The molecule has 4 aliphatic rings. The van der Waals surface area contributed by atoms with Gasteiger partial charge in [0, 0.05) is 59.9 Å². The number of ether oxygens (including phenoxy) is 4. The summed E-state index contributed by atoms with van der Waals surface area (Å²) in [4.78, 5) is 96.5. The Morgan fingerprint density at radius 3 is 2.05 bits per heavy atom. The SMILES string of the molecule is C=C1/C=C\C=C/Nc2cc(OCc3cc(COc4cc5c(cc4OC)C(=O)N4c6ccccc6CC4C=N5)cc(NC(=O)CNC(=O)CNC(=O)CNC(=O)C4CCC(C(C)=O)CC4)c3)c(OC)cc2C(=O)N1. The topological polar surface area (TPSA) is 244 Å². The highest BCUT2D eigenvalue weighted by molar-refractivity contribution is 6.15. The van der Waals surface area contributed by atoms with E-state index in [2.05, 4.69) is 38.5 Å². The van der Waals surface area contributed by atoms with Gasteiger partial charge in [0.1, 0.15) is 19.0 Å². The molecular weight excluding hydrogens is 937 g/mol. The fraction of sp³-hybridized carbons (Fsp3) is 0.296. The number of carbonyl (C=O) groups excluding carboxylic acids is 7. The Kier molecular flexibility index (Phi) is 16.0. The van der Waals surface area contributed by atoms with E-state index >= 15 is 0 Å². The number of anilines is 3. The summed E-state index contributed by atoms with van der Waals surface area (Å²) >= 11 is 0. The number of nitrogens with zero attached hydrogens (tertiary/aromatic N) is 2. The van der Waals surface area contributed by atoms with Gasteiger partial charge in [-0.25, -0.2) is 0 Å². The Bertz CT molecular complexity index is 2960. The van der Waals surface area contributed by atoms with E-state index < -0.39 is 36.7 Å². The summed E-state index contributed by atoms with van der Waals surface area (Å²) in [5, 5.41) is 16.2. The molecule has 0 bridgehead atoms. The zero-order chi connectivity index (χ0) is 51.6. The molecule has 1 fully saturated rings. The highest BCUT2D eigenvalue weighted by Crippen LogP contribution is 2.41. The Morgan fingerprint density at radius 2 is 1.37 bits per heavy atom. The van der Waals surface area contributed by atoms with E-state index in [1.54, 1.807) is 78.9 Å². The summed E-state index contributed by atoms with van der Waals surface area (Å²) in [5.41, 5.74) is 5.27. The Morgan fingerprint density at radius 1 is 0.740 bits per heavy atom. The lowest BCUT2D eigenvalue weighted by molar-refractivity contribution is -0.131. The number of hydrogen-bond donors (Lipinski definition) is 6. The lowest BCUT2D eigenvalue weighted by atomic mass is 9.80. The third-order valence-corrected chi connectivity index (χ3v) is 12.8. The molecule has 19 nitrogen and oxygen atoms in total. The molecule has 0 spiro atoms. The second-order valence-electron chi connectivity index (χ2n) is 17.9. The fourth-order valence-corrected chi connectivity index (χ4v) is 9.03. The summed E-state index contributed by atoms with van der Waals surface area (Å²) in [6.07, 6.45) is 11.6. The van der Waals surface area contributed by atoms with Crippen LogP contribution in [0.3, 0.4) is 0 Å². The predicted molar refractivity (Wildman–Crippen MR) is 272 cm³/mol. The van der Waals surface area contributed by atoms with Crippen LogP contribution in [-0.2, 0) is 43.6 Å². The van der Waals surface area contributed by atoms with Crippen molar-refractivity contribution in [3.8, 4) is 23.0 Å². The van der Waals surface area contributed by atoms with Crippen molar-refractivity contribution in [1.29, 1.82) is 0 Å². The molecular formula is C54H56N8O11. The Labute approximate surface area is 421 Å². The first-order chi connectivity index (χ1) is 35.3. The monoisotopic (exact) mass is 992 g/mol. The van der Waals surface area contributed by atoms with E-state index in [4.69, 9.17) is 23.9 Å². The minimum Gasteiger partial charge on any atom is -0.493 e. The number of allylic oxidation sites excluding steroid dienone is 3. The third-order valence-electron chi connectivity index (χ3n) is 12.8. The number of nitrogens with one attached hydrogen (secondary N) is 6. The number of rotatable bonds is 17. The van der Waals surface area contributed by atoms with Gasteiger partial charge in [0.15, 0.2) is 23.0 Å². The van der Waals surface area contributed by atoms with Crippen LogP contribution in [0, 0.1) is 11.8 Å². The highest BCUT2D eigenvalue weighted by Gasteiger charge is 2.36. The molecule has 1 atom stereocenters. The smallest absolute Gasteiger partial charge is 0.261 e.